The number of fused-ring (bicyclic) bond motifs is 1. The predicted molar refractivity (Wildman–Crippen MR) is 111 cm³/mol. The van der Waals surface area contributed by atoms with Crippen LogP contribution in [0.15, 0.2) is 82.2 Å². The average Bonchev–Trinajstić information content (AvgIpc) is 3.47. The molecule has 0 bridgehead atoms. The van der Waals surface area contributed by atoms with E-state index in [1.807, 2.05) is 60.7 Å². The molecular weight excluding hydrogens is 386 g/mol. The summed E-state index contributed by atoms with van der Waals surface area (Å²) in [5, 5.41) is 4.25. The first-order chi connectivity index (χ1) is 14.3. The van der Waals surface area contributed by atoms with Crippen LogP contribution in [0.4, 0.5) is 0 Å². The maximum atomic E-state index is 12.6. The van der Waals surface area contributed by atoms with E-state index in [0.717, 1.165) is 16.9 Å². The van der Waals surface area contributed by atoms with Crippen molar-refractivity contribution < 1.29 is 9.15 Å². The van der Waals surface area contributed by atoms with Gasteiger partial charge in [0, 0.05) is 0 Å². The van der Waals surface area contributed by atoms with Gasteiger partial charge in [0.05, 0.1) is 10.8 Å². The van der Waals surface area contributed by atoms with Gasteiger partial charge in [-0.3, -0.25) is 4.79 Å². The Hall–Kier alpha value is -3.71. The molecule has 2 aromatic carbocycles. The molecule has 29 heavy (non-hydrogen) atoms. The van der Waals surface area contributed by atoms with Crippen LogP contribution in [0.25, 0.3) is 22.6 Å². The number of hydrogen-bond acceptors (Lipinski definition) is 6. The lowest BCUT2D eigenvalue weighted by atomic mass is 10.2. The molecule has 0 amide bonds. The Kier molecular flexibility index (Phi) is 4.42. The summed E-state index contributed by atoms with van der Waals surface area (Å²) in [5.74, 6) is 1.72. The normalized spacial score (nSPS) is 11.9. The fourth-order valence-electron chi connectivity index (χ4n) is 2.90. The van der Waals surface area contributed by atoms with Crippen LogP contribution in [0.3, 0.4) is 0 Å². The number of benzene rings is 2. The summed E-state index contributed by atoms with van der Waals surface area (Å²) in [5.41, 5.74) is 1.83. The second-order valence-electron chi connectivity index (χ2n) is 6.37. The molecule has 6 nitrogen and oxygen atoms in total. The molecule has 7 heteroatoms. The van der Waals surface area contributed by atoms with Gasteiger partial charge in [0.1, 0.15) is 12.4 Å². The Morgan fingerprint density at radius 3 is 2.59 bits per heavy atom. The van der Waals surface area contributed by atoms with E-state index < -0.39 is 0 Å². The summed E-state index contributed by atoms with van der Waals surface area (Å²) >= 11 is 1.30. The molecule has 3 heterocycles. The molecular formula is C22H15N3O3S. The zero-order chi connectivity index (χ0) is 19.6. The lowest BCUT2D eigenvalue weighted by molar-refractivity contribution is 0.306. The van der Waals surface area contributed by atoms with Crippen molar-refractivity contribution >= 4 is 22.4 Å². The van der Waals surface area contributed by atoms with Gasteiger partial charge in [-0.1, -0.05) is 53.8 Å². The fourth-order valence-corrected chi connectivity index (χ4v) is 3.80. The molecule has 5 aromatic rings. The van der Waals surface area contributed by atoms with E-state index in [1.54, 1.807) is 18.4 Å². The maximum absolute atomic E-state index is 12.6. The first-order valence-corrected chi connectivity index (χ1v) is 9.80. The van der Waals surface area contributed by atoms with Crippen molar-refractivity contribution in [1.82, 2.24) is 14.6 Å². The quantitative estimate of drug-likeness (QED) is 0.451. The third-order valence-corrected chi connectivity index (χ3v) is 5.31. The SMILES string of the molecule is O=c1c(=Cc2ccc(OCc3ccccc3)cc2)sc2nc(-c3ccco3)nn12. The van der Waals surface area contributed by atoms with Crippen LogP contribution in [0.2, 0.25) is 0 Å². The van der Waals surface area contributed by atoms with Gasteiger partial charge in [0.25, 0.3) is 5.56 Å². The van der Waals surface area contributed by atoms with E-state index >= 15 is 0 Å². The van der Waals surface area contributed by atoms with Crippen LogP contribution in [0.1, 0.15) is 11.1 Å². The van der Waals surface area contributed by atoms with E-state index in [9.17, 15) is 4.79 Å². The number of aromatic nitrogens is 3. The first kappa shape index (κ1) is 17.4. The predicted octanol–water partition coefficient (Wildman–Crippen LogP) is 3.54. The molecule has 142 valence electrons. The summed E-state index contributed by atoms with van der Waals surface area (Å²) < 4.78 is 13.0. The van der Waals surface area contributed by atoms with Gasteiger partial charge < -0.3 is 9.15 Å². The first-order valence-electron chi connectivity index (χ1n) is 8.98. The van der Waals surface area contributed by atoms with Gasteiger partial charge in [-0.05, 0) is 41.5 Å². The molecule has 0 fully saturated rings. The molecule has 0 aliphatic carbocycles. The average molecular weight is 401 g/mol. The summed E-state index contributed by atoms with van der Waals surface area (Å²) in [6, 6.07) is 21.2. The van der Waals surface area contributed by atoms with Crippen molar-refractivity contribution in [3.63, 3.8) is 0 Å². The Morgan fingerprint density at radius 2 is 1.86 bits per heavy atom. The van der Waals surface area contributed by atoms with Crippen LogP contribution in [0, 0.1) is 0 Å². The largest absolute Gasteiger partial charge is 0.489 e. The second-order valence-corrected chi connectivity index (χ2v) is 7.38. The monoisotopic (exact) mass is 401 g/mol. The summed E-state index contributed by atoms with van der Waals surface area (Å²) in [4.78, 5) is 17.5. The Balaban J connectivity index is 1.37. The molecule has 0 saturated heterocycles. The van der Waals surface area contributed by atoms with Crippen LogP contribution < -0.4 is 14.8 Å². The third-order valence-electron chi connectivity index (χ3n) is 4.35. The minimum Gasteiger partial charge on any atom is -0.489 e. The molecule has 0 aliphatic heterocycles. The molecule has 0 aliphatic rings. The molecule has 0 unspecified atom stereocenters. The molecule has 5 rings (SSSR count). The number of nitrogens with zero attached hydrogens (tertiary/aromatic N) is 3. The van der Waals surface area contributed by atoms with E-state index in [2.05, 4.69) is 10.1 Å². The maximum Gasteiger partial charge on any atom is 0.291 e. The molecule has 0 N–H and O–H groups in total. The highest BCUT2D eigenvalue weighted by Gasteiger charge is 2.13. The highest BCUT2D eigenvalue weighted by molar-refractivity contribution is 7.15. The number of thiazole rings is 1. The minimum atomic E-state index is -0.195. The lowest BCUT2D eigenvalue weighted by Gasteiger charge is -2.06. The third kappa shape index (κ3) is 3.55. The summed E-state index contributed by atoms with van der Waals surface area (Å²) in [6.45, 7) is 0.514. The van der Waals surface area contributed by atoms with Crippen LogP contribution in [-0.2, 0) is 6.61 Å². The summed E-state index contributed by atoms with van der Waals surface area (Å²) in [7, 11) is 0. The smallest absolute Gasteiger partial charge is 0.291 e. The van der Waals surface area contributed by atoms with Gasteiger partial charge in [-0.15, -0.1) is 5.10 Å². The fraction of sp³-hybridized carbons (Fsp3) is 0.0455. The Labute approximate surface area is 169 Å². The zero-order valence-electron chi connectivity index (χ0n) is 15.2. The number of ether oxygens (including phenoxy) is 1. The van der Waals surface area contributed by atoms with Gasteiger partial charge in [-0.2, -0.15) is 9.50 Å². The van der Waals surface area contributed by atoms with Crippen molar-refractivity contribution in [3.05, 3.63) is 99.0 Å². The molecule has 0 saturated carbocycles. The van der Waals surface area contributed by atoms with Crippen LogP contribution in [0.5, 0.6) is 5.75 Å². The van der Waals surface area contributed by atoms with Crippen molar-refractivity contribution in [2.75, 3.05) is 0 Å². The highest BCUT2D eigenvalue weighted by Crippen LogP contribution is 2.17. The second kappa shape index (κ2) is 7.37. The van der Waals surface area contributed by atoms with Crippen molar-refractivity contribution in [1.29, 1.82) is 0 Å². The number of rotatable bonds is 5. The highest BCUT2D eigenvalue weighted by atomic mass is 32.1. The van der Waals surface area contributed by atoms with Gasteiger partial charge >= 0.3 is 0 Å². The number of hydrogen-bond donors (Lipinski definition) is 0. The van der Waals surface area contributed by atoms with E-state index in [4.69, 9.17) is 9.15 Å². The number of furan rings is 1. The van der Waals surface area contributed by atoms with Crippen LogP contribution >= 0.6 is 11.3 Å². The summed E-state index contributed by atoms with van der Waals surface area (Å²) in [6.07, 6.45) is 3.38. The standard InChI is InChI=1S/C22H15N3O3S/c26-21-19(29-22-23-20(24-25(21)22)18-7-4-12-27-18)13-15-8-10-17(11-9-15)28-14-16-5-2-1-3-6-16/h1-13H,14H2. The lowest BCUT2D eigenvalue weighted by Crippen LogP contribution is -2.23. The Bertz CT molecular complexity index is 1350. The van der Waals surface area contributed by atoms with Crippen LogP contribution in [-0.4, -0.2) is 14.6 Å². The van der Waals surface area contributed by atoms with E-state index in [0.29, 0.717) is 27.7 Å². The molecule has 0 spiro atoms. The van der Waals surface area contributed by atoms with Crippen molar-refractivity contribution in [3.8, 4) is 17.3 Å². The van der Waals surface area contributed by atoms with Gasteiger partial charge in [-0.25, -0.2) is 0 Å². The van der Waals surface area contributed by atoms with Gasteiger partial charge in [0.15, 0.2) is 5.76 Å². The van der Waals surface area contributed by atoms with E-state index in [1.165, 1.54) is 15.9 Å². The van der Waals surface area contributed by atoms with Crippen molar-refractivity contribution in [2.45, 2.75) is 6.61 Å². The Morgan fingerprint density at radius 1 is 1.03 bits per heavy atom. The topological polar surface area (TPSA) is 69.6 Å². The minimum absolute atomic E-state index is 0.195. The molecule has 0 atom stereocenters. The van der Waals surface area contributed by atoms with Gasteiger partial charge in [0.2, 0.25) is 10.8 Å². The zero-order valence-corrected chi connectivity index (χ0v) is 16.0. The molecule has 0 radical (unpaired) electrons. The molecule has 3 aromatic heterocycles. The van der Waals surface area contributed by atoms with Crippen molar-refractivity contribution in [2.24, 2.45) is 0 Å². The van der Waals surface area contributed by atoms with E-state index in [-0.39, 0.29) is 5.56 Å².